The van der Waals surface area contributed by atoms with Crippen molar-refractivity contribution < 1.29 is 4.79 Å². The maximum atomic E-state index is 12.4. The lowest BCUT2D eigenvalue weighted by Gasteiger charge is -2.24. The number of nitrogens with zero attached hydrogens (tertiary/aromatic N) is 2. The number of anilines is 1. The zero-order valence-corrected chi connectivity index (χ0v) is 11.4. The second kappa shape index (κ2) is 4.74. The normalized spacial score (nSPS) is 24.8. The highest BCUT2D eigenvalue weighted by molar-refractivity contribution is 7.13. The van der Waals surface area contributed by atoms with Crippen molar-refractivity contribution in [2.45, 2.75) is 32.7 Å². The zero-order chi connectivity index (χ0) is 12.5. The van der Waals surface area contributed by atoms with Crippen molar-refractivity contribution in [3.05, 3.63) is 11.6 Å². The molecule has 1 aliphatic rings. The maximum absolute atomic E-state index is 12.4. The molecule has 2 heterocycles. The summed E-state index contributed by atoms with van der Waals surface area (Å²) in [6.07, 6.45) is 3.64. The van der Waals surface area contributed by atoms with E-state index in [9.17, 15) is 4.79 Å². The van der Waals surface area contributed by atoms with Crippen molar-refractivity contribution in [3.8, 4) is 0 Å². The summed E-state index contributed by atoms with van der Waals surface area (Å²) < 4.78 is 0. The van der Waals surface area contributed by atoms with Gasteiger partial charge in [0.15, 0.2) is 5.13 Å². The first kappa shape index (κ1) is 12.5. The minimum absolute atomic E-state index is 0.101. The van der Waals surface area contributed by atoms with Gasteiger partial charge in [-0.05, 0) is 25.3 Å². The average Bonchev–Trinajstić information content (AvgIpc) is 2.75. The highest BCUT2D eigenvalue weighted by Crippen LogP contribution is 2.32. The molecule has 1 saturated heterocycles. The molecule has 5 heteroatoms. The van der Waals surface area contributed by atoms with E-state index in [-0.39, 0.29) is 17.4 Å². The van der Waals surface area contributed by atoms with Crippen molar-refractivity contribution in [1.82, 2.24) is 10.3 Å². The molecular formula is C12H19N3OS. The first-order chi connectivity index (χ1) is 8.03. The molecule has 1 atom stereocenters. The van der Waals surface area contributed by atoms with Crippen LogP contribution in [0.15, 0.2) is 11.6 Å². The molecule has 1 fully saturated rings. The molecule has 1 unspecified atom stereocenters. The Bertz CT molecular complexity index is 388. The van der Waals surface area contributed by atoms with Gasteiger partial charge in [-0.3, -0.25) is 9.69 Å². The van der Waals surface area contributed by atoms with E-state index in [1.807, 2.05) is 17.3 Å². The molecule has 1 N–H and O–H groups in total. The third kappa shape index (κ3) is 2.66. The van der Waals surface area contributed by atoms with E-state index in [4.69, 9.17) is 0 Å². The molecule has 94 valence electrons. The average molecular weight is 253 g/mol. The minimum atomic E-state index is -0.101. The van der Waals surface area contributed by atoms with Crippen molar-refractivity contribution in [2.24, 2.45) is 5.41 Å². The van der Waals surface area contributed by atoms with Crippen LogP contribution in [0.1, 0.15) is 26.7 Å². The smallest absolute Gasteiger partial charge is 0.245 e. The molecule has 1 amide bonds. The minimum Gasteiger partial charge on any atom is -0.309 e. The molecule has 0 bridgehead atoms. The Morgan fingerprint density at radius 3 is 2.94 bits per heavy atom. The van der Waals surface area contributed by atoms with Crippen LogP contribution in [0.2, 0.25) is 0 Å². The van der Waals surface area contributed by atoms with E-state index in [0.717, 1.165) is 24.5 Å². The number of amides is 1. The highest BCUT2D eigenvalue weighted by Gasteiger charge is 2.35. The lowest BCUT2D eigenvalue weighted by atomic mass is 9.83. The molecule has 0 saturated carbocycles. The third-order valence-corrected chi connectivity index (χ3v) is 4.13. The van der Waals surface area contributed by atoms with Gasteiger partial charge in [-0.2, -0.15) is 0 Å². The molecule has 1 aromatic rings. The van der Waals surface area contributed by atoms with Crippen LogP contribution in [0.4, 0.5) is 5.13 Å². The maximum Gasteiger partial charge on any atom is 0.245 e. The van der Waals surface area contributed by atoms with Gasteiger partial charge in [-0.25, -0.2) is 4.98 Å². The fraction of sp³-hybridized carbons (Fsp3) is 0.667. The Balaban J connectivity index is 2.26. The van der Waals surface area contributed by atoms with Crippen LogP contribution in [-0.2, 0) is 4.79 Å². The van der Waals surface area contributed by atoms with Crippen LogP contribution in [0, 0.1) is 5.41 Å². The second-order valence-electron chi connectivity index (χ2n) is 5.26. The summed E-state index contributed by atoms with van der Waals surface area (Å²) in [5.74, 6) is 0.146. The van der Waals surface area contributed by atoms with Crippen molar-refractivity contribution >= 4 is 22.4 Å². The Morgan fingerprint density at radius 1 is 1.59 bits per heavy atom. The van der Waals surface area contributed by atoms with Crippen molar-refractivity contribution in [3.63, 3.8) is 0 Å². The fourth-order valence-corrected chi connectivity index (χ4v) is 2.89. The van der Waals surface area contributed by atoms with E-state index in [0.29, 0.717) is 0 Å². The standard InChI is InChI=1S/C12H19N3OS/c1-12(2)4-6-15(11-14-5-7-17-11)10(16)9(8-12)13-3/h5,7,9,13H,4,6,8H2,1-3H3. The first-order valence-corrected chi connectivity index (χ1v) is 6.79. The Morgan fingerprint density at radius 2 is 2.35 bits per heavy atom. The molecule has 0 spiro atoms. The van der Waals surface area contributed by atoms with Crippen LogP contribution in [0.5, 0.6) is 0 Å². The Kier molecular flexibility index (Phi) is 3.49. The van der Waals surface area contributed by atoms with Crippen molar-refractivity contribution in [1.29, 1.82) is 0 Å². The van der Waals surface area contributed by atoms with E-state index < -0.39 is 0 Å². The summed E-state index contributed by atoms with van der Waals surface area (Å²) in [5, 5.41) is 5.85. The molecule has 0 aromatic carbocycles. The molecule has 17 heavy (non-hydrogen) atoms. The number of nitrogens with one attached hydrogen (secondary N) is 1. The van der Waals surface area contributed by atoms with E-state index in [1.54, 1.807) is 6.20 Å². The molecule has 1 aromatic heterocycles. The van der Waals surface area contributed by atoms with Crippen LogP contribution >= 0.6 is 11.3 Å². The van der Waals surface area contributed by atoms with Gasteiger partial charge in [0.25, 0.3) is 0 Å². The van der Waals surface area contributed by atoms with Crippen LogP contribution in [0.25, 0.3) is 0 Å². The van der Waals surface area contributed by atoms with Crippen molar-refractivity contribution in [2.75, 3.05) is 18.5 Å². The summed E-state index contributed by atoms with van der Waals surface area (Å²) in [7, 11) is 1.85. The number of hydrogen-bond acceptors (Lipinski definition) is 4. The first-order valence-electron chi connectivity index (χ1n) is 5.92. The van der Waals surface area contributed by atoms with Gasteiger partial charge in [0, 0.05) is 18.1 Å². The van der Waals surface area contributed by atoms with E-state index >= 15 is 0 Å². The number of hydrogen-bond donors (Lipinski definition) is 1. The lowest BCUT2D eigenvalue weighted by molar-refractivity contribution is -0.120. The zero-order valence-electron chi connectivity index (χ0n) is 10.6. The molecule has 4 nitrogen and oxygen atoms in total. The molecule has 1 aliphatic heterocycles. The molecular weight excluding hydrogens is 234 g/mol. The molecule has 0 radical (unpaired) electrons. The Hall–Kier alpha value is -0.940. The van der Waals surface area contributed by atoms with E-state index in [2.05, 4.69) is 24.1 Å². The van der Waals surface area contributed by atoms with Gasteiger partial charge in [0.1, 0.15) is 0 Å². The summed E-state index contributed by atoms with van der Waals surface area (Å²) in [4.78, 5) is 18.5. The monoisotopic (exact) mass is 253 g/mol. The molecule has 2 rings (SSSR count). The predicted octanol–water partition coefficient (Wildman–Crippen LogP) is 1.88. The third-order valence-electron chi connectivity index (χ3n) is 3.33. The van der Waals surface area contributed by atoms with Crippen LogP contribution in [0.3, 0.4) is 0 Å². The number of thiazole rings is 1. The van der Waals surface area contributed by atoms with Gasteiger partial charge < -0.3 is 5.32 Å². The van der Waals surface area contributed by atoms with Crippen LogP contribution in [-0.4, -0.2) is 30.5 Å². The summed E-state index contributed by atoms with van der Waals surface area (Å²) in [6, 6.07) is -0.101. The second-order valence-corrected chi connectivity index (χ2v) is 6.14. The number of likely N-dealkylation sites (N-methyl/N-ethyl adjacent to an activating group) is 1. The number of rotatable bonds is 2. The van der Waals surface area contributed by atoms with Gasteiger partial charge >= 0.3 is 0 Å². The largest absolute Gasteiger partial charge is 0.309 e. The van der Waals surface area contributed by atoms with Gasteiger partial charge in [-0.15, -0.1) is 11.3 Å². The van der Waals surface area contributed by atoms with Gasteiger partial charge in [0.2, 0.25) is 5.91 Å². The number of carbonyl (C=O) groups excluding carboxylic acids is 1. The van der Waals surface area contributed by atoms with Crippen LogP contribution < -0.4 is 10.2 Å². The predicted molar refractivity (Wildman–Crippen MR) is 70.3 cm³/mol. The van der Waals surface area contributed by atoms with Gasteiger partial charge in [0.05, 0.1) is 6.04 Å². The number of aromatic nitrogens is 1. The summed E-state index contributed by atoms with van der Waals surface area (Å²) >= 11 is 1.52. The van der Waals surface area contributed by atoms with E-state index in [1.165, 1.54) is 11.3 Å². The fourth-order valence-electron chi connectivity index (χ4n) is 2.22. The number of carbonyl (C=O) groups is 1. The summed E-state index contributed by atoms with van der Waals surface area (Å²) in [5.41, 5.74) is 0.190. The Labute approximate surface area is 106 Å². The quantitative estimate of drug-likeness (QED) is 0.875. The topological polar surface area (TPSA) is 45.2 Å². The molecule has 0 aliphatic carbocycles. The summed E-state index contributed by atoms with van der Waals surface area (Å²) in [6.45, 7) is 5.20. The lowest BCUT2D eigenvalue weighted by Crippen LogP contribution is -2.44. The SMILES string of the molecule is CNC1CC(C)(C)CCN(c2nccs2)C1=O. The van der Waals surface area contributed by atoms with Gasteiger partial charge in [-0.1, -0.05) is 13.8 Å². The highest BCUT2D eigenvalue weighted by atomic mass is 32.1.